The summed E-state index contributed by atoms with van der Waals surface area (Å²) in [5, 5.41) is 27.7. The van der Waals surface area contributed by atoms with Gasteiger partial charge in [-0.25, -0.2) is 0 Å². The molecule has 0 radical (unpaired) electrons. The van der Waals surface area contributed by atoms with Gasteiger partial charge in [-0.15, -0.1) is 10.2 Å². The lowest BCUT2D eigenvalue weighted by molar-refractivity contribution is -0.122. The lowest BCUT2D eigenvalue weighted by atomic mass is 10.1. The molecule has 1 aromatic rings. The maximum atomic E-state index is 12.5. The van der Waals surface area contributed by atoms with E-state index in [-0.39, 0.29) is 37.2 Å². The molecule has 3 aliphatic rings. The number of rotatable bonds is 2. The highest BCUT2D eigenvalue weighted by Crippen LogP contribution is 2.27. The maximum absolute atomic E-state index is 12.5. The summed E-state index contributed by atoms with van der Waals surface area (Å²) in [7, 11) is 0. The molecule has 10 nitrogen and oxygen atoms in total. The molecule has 0 spiro atoms. The monoisotopic (exact) mass is 354 g/mol. The van der Waals surface area contributed by atoms with E-state index in [1.807, 2.05) is 4.57 Å². The number of aromatic nitrogens is 3. The standard InChI is InChI=1S/C14H20N4O4.CH2O2/c19-9-7-22-11-8(6-21-12(9)11)15-14(20)13-17-16-10-4-2-1-3-5-18(10)13;2-1-3/h8-9,11-12,19H,1-7H2,(H,15,20);1H,(H,2,3)/t8-,9+,11+,12+;/m0./s1. The number of hydrogen-bond donors (Lipinski definition) is 3. The van der Waals surface area contributed by atoms with Gasteiger partial charge in [0, 0.05) is 13.0 Å². The number of hydrogen-bond acceptors (Lipinski definition) is 7. The van der Waals surface area contributed by atoms with Gasteiger partial charge in [0.25, 0.3) is 12.4 Å². The van der Waals surface area contributed by atoms with Gasteiger partial charge in [0.15, 0.2) is 0 Å². The molecule has 4 heterocycles. The summed E-state index contributed by atoms with van der Waals surface area (Å²) < 4.78 is 13.0. The second-order valence-corrected chi connectivity index (χ2v) is 6.25. The van der Waals surface area contributed by atoms with Crippen molar-refractivity contribution in [3.05, 3.63) is 11.6 Å². The Bertz CT molecular complexity index is 621. The first-order valence-corrected chi connectivity index (χ1v) is 8.37. The Morgan fingerprint density at radius 1 is 1.20 bits per heavy atom. The smallest absolute Gasteiger partial charge is 0.290 e. The van der Waals surface area contributed by atoms with Crippen molar-refractivity contribution in [2.24, 2.45) is 0 Å². The summed E-state index contributed by atoms with van der Waals surface area (Å²) >= 11 is 0. The van der Waals surface area contributed by atoms with Crippen LogP contribution in [0.3, 0.4) is 0 Å². The van der Waals surface area contributed by atoms with Crippen LogP contribution in [0.15, 0.2) is 0 Å². The van der Waals surface area contributed by atoms with E-state index >= 15 is 0 Å². The van der Waals surface area contributed by atoms with E-state index in [4.69, 9.17) is 19.4 Å². The van der Waals surface area contributed by atoms with Crippen LogP contribution in [0.25, 0.3) is 0 Å². The van der Waals surface area contributed by atoms with Crippen LogP contribution >= 0.6 is 0 Å². The fraction of sp³-hybridized carbons (Fsp3) is 0.733. The van der Waals surface area contributed by atoms with Crippen LogP contribution in [0.5, 0.6) is 0 Å². The first kappa shape index (κ1) is 17.8. The van der Waals surface area contributed by atoms with Crippen LogP contribution in [0, 0.1) is 0 Å². The quantitative estimate of drug-likeness (QED) is 0.573. The summed E-state index contributed by atoms with van der Waals surface area (Å²) in [6.07, 6.45) is 2.90. The molecule has 3 N–H and O–H groups in total. The summed E-state index contributed by atoms with van der Waals surface area (Å²) in [5.41, 5.74) is 0. The van der Waals surface area contributed by atoms with E-state index in [2.05, 4.69) is 15.5 Å². The zero-order valence-electron chi connectivity index (χ0n) is 13.7. The molecule has 4 rings (SSSR count). The summed E-state index contributed by atoms with van der Waals surface area (Å²) in [5.74, 6) is 0.995. The number of aliphatic hydroxyl groups excluding tert-OH is 1. The van der Waals surface area contributed by atoms with Crippen LogP contribution in [0.1, 0.15) is 35.7 Å². The van der Waals surface area contributed by atoms with E-state index in [1.54, 1.807) is 0 Å². The molecule has 1 amide bonds. The zero-order valence-corrected chi connectivity index (χ0v) is 13.7. The number of amides is 1. The minimum absolute atomic E-state index is 0.250. The number of carbonyl (C=O) groups excluding carboxylic acids is 1. The molecule has 4 atom stereocenters. The molecule has 2 fully saturated rings. The van der Waals surface area contributed by atoms with Crippen molar-refractivity contribution in [1.82, 2.24) is 20.1 Å². The minimum atomic E-state index is -0.615. The molecule has 0 saturated carbocycles. The van der Waals surface area contributed by atoms with E-state index in [0.717, 1.165) is 38.1 Å². The van der Waals surface area contributed by atoms with Crippen molar-refractivity contribution in [3.8, 4) is 0 Å². The van der Waals surface area contributed by atoms with Gasteiger partial charge in [-0.05, 0) is 12.8 Å². The van der Waals surface area contributed by atoms with Gasteiger partial charge < -0.3 is 29.6 Å². The van der Waals surface area contributed by atoms with Crippen molar-refractivity contribution >= 4 is 12.4 Å². The van der Waals surface area contributed by atoms with E-state index in [1.165, 1.54) is 0 Å². The minimum Gasteiger partial charge on any atom is -0.483 e. The van der Waals surface area contributed by atoms with E-state index in [0.29, 0.717) is 12.4 Å². The predicted octanol–water partition coefficient (Wildman–Crippen LogP) is -1.04. The predicted molar refractivity (Wildman–Crippen MR) is 83.0 cm³/mol. The number of fused-ring (bicyclic) bond motifs is 2. The van der Waals surface area contributed by atoms with Crippen LogP contribution in [-0.4, -0.2) is 74.9 Å². The second-order valence-electron chi connectivity index (χ2n) is 6.25. The maximum Gasteiger partial charge on any atom is 0.290 e. The lowest BCUT2D eigenvalue weighted by Gasteiger charge is -2.17. The molecule has 0 aliphatic carbocycles. The molecule has 2 saturated heterocycles. The SMILES string of the molecule is O=C(N[C@H]1CO[C@H]2[C@@H]1OC[C@H]2O)c1nnc2n1CCCCC2.O=CO. The van der Waals surface area contributed by atoms with Crippen molar-refractivity contribution in [3.63, 3.8) is 0 Å². The molecule has 0 unspecified atom stereocenters. The normalized spacial score (nSPS) is 30.4. The topological polar surface area (TPSA) is 136 Å². The lowest BCUT2D eigenvalue weighted by Crippen LogP contribution is -2.45. The van der Waals surface area contributed by atoms with Gasteiger partial charge >= 0.3 is 0 Å². The molecular formula is C15H22N4O6. The largest absolute Gasteiger partial charge is 0.483 e. The van der Waals surface area contributed by atoms with Crippen molar-refractivity contribution in [2.75, 3.05) is 13.2 Å². The highest BCUT2D eigenvalue weighted by molar-refractivity contribution is 5.91. The van der Waals surface area contributed by atoms with Gasteiger partial charge in [0.2, 0.25) is 5.82 Å². The Labute approximate surface area is 144 Å². The number of carbonyl (C=O) groups is 2. The molecule has 138 valence electrons. The van der Waals surface area contributed by atoms with Gasteiger partial charge in [-0.2, -0.15) is 0 Å². The molecule has 10 heteroatoms. The third-order valence-electron chi connectivity index (χ3n) is 4.66. The molecule has 1 aromatic heterocycles. The molecular weight excluding hydrogens is 332 g/mol. The fourth-order valence-electron chi connectivity index (χ4n) is 3.49. The number of aryl methyl sites for hydroxylation is 1. The number of nitrogens with zero attached hydrogens (tertiary/aromatic N) is 3. The molecule has 0 bridgehead atoms. The average molecular weight is 354 g/mol. The van der Waals surface area contributed by atoms with Crippen molar-refractivity contribution in [1.29, 1.82) is 0 Å². The summed E-state index contributed by atoms with van der Waals surface area (Å²) in [6.45, 7) is 1.13. The number of ether oxygens (including phenoxy) is 2. The molecule has 3 aliphatic heterocycles. The number of carboxylic acid groups (broad SMARTS) is 1. The van der Waals surface area contributed by atoms with Crippen LogP contribution in [0.2, 0.25) is 0 Å². The Kier molecular flexibility index (Phi) is 5.61. The Hall–Kier alpha value is -2.04. The first-order chi connectivity index (χ1) is 12.2. The van der Waals surface area contributed by atoms with Crippen molar-refractivity contribution < 1.29 is 29.3 Å². The van der Waals surface area contributed by atoms with Crippen LogP contribution in [-0.2, 0) is 27.2 Å². The first-order valence-electron chi connectivity index (χ1n) is 8.37. The summed E-state index contributed by atoms with van der Waals surface area (Å²) in [6, 6.07) is -0.256. The van der Waals surface area contributed by atoms with Crippen molar-refractivity contribution in [2.45, 2.75) is 56.6 Å². The van der Waals surface area contributed by atoms with E-state index < -0.39 is 6.10 Å². The summed E-state index contributed by atoms with van der Waals surface area (Å²) in [4.78, 5) is 20.9. The average Bonchev–Trinajstić information content (AvgIpc) is 3.23. The second kappa shape index (κ2) is 7.89. The van der Waals surface area contributed by atoms with Gasteiger partial charge in [-0.3, -0.25) is 9.59 Å². The van der Waals surface area contributed by atoms with E-state index in [9.17, 15) is 9.90 Å². The molecule has 0 aromatic carbocycles. The number of aliphatic hydroxyl groups is 1. The third-order valence-corrected chi connectivity index (χ3v) is 4.66. The Morgan fingerprint density at radius 3 is 2.76 bits per heavy atom. The van der Waals surface area contributed by atoms with Gasteiger partial charge in [0.1, 0.15) is 24.1 Å². The zero-order chi connectivity index (χ0) is 17.8. The number of nitrogens with one attached hydrogen (secondary N) is 1. The van der Waals surface area contributed by atoms with Gasteiger partial charge in [0.05, 0.1) is 19.3 Å². The highest BCUT2D eigenvalue weighted by Gasteiger charge is 2.47. The van der Waals surface area contributed by atoms with Gasteiger partial charge in [-0.1, -0.05) is 6.42 Å². The molecule has 25 heavy (non-hydrogen) atoms. The third kappa shape index (κ3) is 3.65. The Balaban J connectivity index is 0.000000569. The van der Waals surface area contributed by atoms with Crippen LogP contribution in [0.4, 0.5) is 0 Å². The fourth-order valence-corrected chi connectivity index (χ4v) is 3.49. The Morgan fingerprint density at radius 2 is 1.96 bits per heavy atom. The van der Waals surface area contributed by atoms with Crippen LogP contribution < -0.4 is 5.32 Å². The highest BCUT2D eigenvalue weighted by atomic mass is 16.6.